The molecule has 0 saturated carbocycles. The molecule has 0 saturated heterocycles. The van der Waals surface area contributed by atoms with E-state index in [1.807, 2.05) is 30.3 Å². The highest BCUT2D eigenvalue weighted by molar-refractivity contribution is 7.89. The highest BCUT2D eigenvalue weighted by atomic mass is 32.2. The number of ketones is 1. The van der Waals surface area contributed by atoms with Gasteiger partial charge in [0.05, 0.1) is 4.90 Å². The Morgan fingerprint density at radius 1 is 0.828 bits per heavy atom. The number of hydrogen-bond donors (Lipinski definition) is 1. The van der Waals surface area contributed by atoms with Crippen molar-refractivity contribution in [3.63, 3.8) is 0 Å². The summed E-state index contributed by atoms with van der Waals surface area (Å²) >= 11 is -1.09. The monoisotopic (exact) mass is 435 g/mol. The molecule has 2 aromatic rings. The molecule has 8 heteroatoms. The molecule has 3 rings (SSSR count). The maximum Gasteiger partial charge on any atom is 0.278 e. The summed E-state index contributed by atoms with van der Waals surface area (Å²) in [7, 11) is -3.64. The maximum atomic E-state index is 13.1. The summed E-state index contributed by atoms with van der Waals surface area (Å²) < 4.78 is 39.6. The smallest absolute Gasteiger partial charge is 0.278 e. The summed E-state index contributed by atoms with van der Waals surface area (Å²) in [6, 6.07) is 10.2. The van der Waals surface area contributed by atoms with E-state index in [0.29, 0.717) is 42.2 Å². The van der Waals surface area contributed by atoms with Gasteiger partial charge in [-0.25, -0.2) is 8.42 Å². The Bertz CT molecular complexity index is 1030. The fourth-order valence-corrected chi connectivity index (χ4v) is 6.33. The quantitative estimate of drug-likeness (QED) is 0.547. The lowest BCUT2D eigenvalue weighted by molar-refractivity contribution is 0.104. The van der Waals surface area contributed by atoms with Crippen molar-refractivity contribution < 1.29 is 17.8 Å². The first-order valence-corrected chi connectivity index (χ1v) is 12.4. The molecule has 1 atom stereocenters. The molecule has 0 aromatic heterocycles. The molecule has 1 aliphatic rings. The molecule has 0 aliphatic heterocycles. The SMILES string of the molecule is CCN(CC)[S+](O)c1ccc2c(c1)C(=O)c1cc(S(=O)(=O)N(CC)CC)ccc1-2. The third kappa shape index (κ3) is 3.75. The van der Waals surface area contributed by atoms with Gasteiger partial charge in [0.2, 0.25) is 14.9 Å². The van der Waals surface area contributed by atoms with E-state index >= 15 is 0 Å². The number of hydrogen-bond acceptors (Lipinski definition) is 5. The molecule has 0 radical (unpaired) electrons. The normalized spacial score (nSPS) is 14.4. The van der Waals surface area contributed by atoms with Crippen LogP contribution in [0.1, 0.15) is 43.6 Å². The predicted octanol–water partition coefficient (Wildman–Crippen LogP) is 3.64. The lowest BCUT2D eigenvalue weighted by Crippen LogP contribution is -2.30. The molecule has 0 bridgehead atoms. The number of carbonyl (C=O) groups excluding carboxylic acids is 1. The average molecular weight is 436 g/mol. The van der Waals surface area contributed by atoms with Crippen molar-refractivity contribution in [2.24, 2.45) is 0 Å². The Labute approximate surface area is 175 Å². The summed E-state index contributed by atoms with van der Waals surface area (Å²) in [5.74, 6) is -0.204. The molecule has 29 heavy (non-hydrogen) atoms. The van der Waals surface area contributed by atoms with Gasteiger partial charge in [-0.1, -0.05) is 24.2 Å². The van der Waals surface area contributed by atoms with Crippen LogP contribution in [0.2, 0.25) is 0 Å². The first-order valence-electron chi connectivity index (χ1n) is 9.81. The summed E-state index contributed by atoms with van der Waals surface area (Å²) in [4.78, 5) is 13.9. The second-order valence-corrected chi connectivity index (χ2v) is 10.2. The zero-order chi connectivity index (χ0) is 21.3. The minimum atomic E-state index is -3.64. The summed E-state index contributed by atoms with van der Waals surface area (Å²) in [6.45, 7) is 9.69. The van der Waals surface area contributed by atoms with E-state index in [-0.39, 0.29) is 10.7 Å². The van der Waals surface area contributed by atoms with Crippen LogP contribution in [0, 0.1) is 0 Å². The third-order valence-electron chi connectivity index (χ3n) is 5.27. The van der Waals surface area contributed by atoms with Gasteiger partial charge in [-0.2, -0.15) is 8.86 Å². The molecule has 0 heterocycles. The second kappa shape index (κ2) is 8.57. The molecule has 6 nitrogen and oxygen atoms in total. The van der Waals surface area contributed by atoms with E-state index < -0.39 is 21.4 Å². The molecule has 1 N–H and O–H groups in total. The first-order chi connectivity index (χ1) is 13.8. The van der Waals surface area contributed by atoms with Gasteiger partial charge in [0.25, 0.3) is 11.4 Å². The lowest BCUT2D eigenvalue weighted by atomic mass is 10.1. The Kier molecular flexibility index (Phi) is 6.50. The van der Waals surface area contributed by atoms with Crippen molar-refractivity contribution in [1.29, 1.82) is 0 Å². The van der Waals surface area contributed by atoms with Gasteiger partial charge < -0.3 is 0 Å². The highest BCUT2D eigenvalue weighted by Crippen LogP contribution is 2.39. The number of sulfonamides is 1. The molecule has 0 spiro atoms. The van der Waals surface area contributed by atoms with Crippen molar-refractivity contribution in [1.82, 2.24) is 8.61 Å². The van der Waals surface area contributed by atoms with Gasteiger partial charge in [0, 0.05) is 43.4 Å². The fourth-order valence-electron chi connectivity index (χ4n) is 3.64. The highest BCUT2D eigenvalue weighted by Gasteiger charge is 2.34. The van der Waals surface area contributed by atoms with Crippen molar-refractivity contribution in [2.45, 2.75) is 37.5 Å². The van der Waals surface area contributed by atoms with Crippen LogP contribution >= 0.6 is 0 Å². The molecule has 2 aromatic carbocycles. The van der Waals surface area contributed by atoms with Crippen LogP contribution in [0.3, 0.4) is 0 Å². The zero-order valence-electron chi connectivity index (χ0n) is 17.2. The zero-order valence-corrected chi connectivity index (χ0v) is 18.8. The molecule has 1 aliphatic carbocycles. The van der Waals surface area contributed by atoms with Gasteiger partial charge in [0.1, 0.15) is 0 Å². The van der Waals surface area contributed by atoms with Crippen LogP contribution in [0.4, 0.5) is 0 Å². The minimum Gasteiger partial charge on any atom is -0.289 e. The van der Waals surface area contributed by atoms with E-state index in [0.717, 1.165) is 11.1 Å². The largest absolute Gasteiger partial charge is 0.289 e. The van der Waals surface area contributed by atoms with Gasteiger partial charge in [-0.3, -0.25) is 4.79 Å². The number of nitrogens with zero attached hydrogens (tertiary/aromatic N) is 2. The number of rotatable bonds is 8. The van der Waals surface area contributed by atoms with E-state index in [9.17, 15) is 17.8 Å². The Morgan fingerprint density at radius 3 is 1.93 bits per heavy atom. The standard InChI is InChI=1S/C21H27N2O4S2/c1-5-22(6-2)28(25)15-9-11-17-18-12-10-16(29(26,27)23(7-3)8-4)14-20(18)21(24)19(17)13-15/h9-14,25H,5-8H2,1-4H3/q+1. The number of carbonyl (C=O) groups is 1. The lowest BCUT2D eigenvalue weighted by Gasteiger charge is -2.18. The Hall–Kier alpha value is -1.71. The van der Waals surface area contributed by atoms with Crippen molar-refractivity contribution >= 4 is 27.2 Å². The molecular weight excluding hydrogens is 408 g/mol. The van der Waals surface area contributed by atoms with E-state index in [2.05, 4.69) is 0 Å². The average Bonchev–Trinajstić information content (AvgIpc) is 3.01. The molecule has 0 amide bonds. The van der Waals surface area contributed by atoms with E-state index in [4.69, 9.17) is 0 Å². The second-order valence-electron chi connectivity index (χ2n) is 6.71. The Morgan fingerprint density at radius 2 is 1.38 bits per heavy atom. The van der Waals surface area contributed by atoms with Crippen LogP contribution in [0.15, 0.2) is 46.2 Å². The number of benzene rings is 2. The molecule has 0 fully saturated rings. The maximum absolute atomic E-state index is 13.1. The molecular formula is C21H27N2O4S2+. The van der Waals surface area contributed by atoms with Gasteiger partial charge in [-0.05, 0) is 49.2 Å². The summed E-state index contributed by atoms with van der Waals surface area (Å²) in [5, 5.41) is 0. The minimum absolute atomic E-state index is 0.131. The Balaban J connectivity index is 2.02. The van der Waals surface area contributed by atoms with E-state index in [1.54, 1.807) is 32.0 Å². The third-order valence-corrected chi connectivity index (χ3v) is 8.99. The van der Waals surface area contributed by atoms with Crippen LogP contribution in [-0.2, 0) is 21.4 Å². The van der Waals surface area contributed by atoms with Crippen LogP contribution in [-0.4, -0.2) is 53.5 Å². The van der Waals surface area contributed by atoms with E-state index in [1.165, 1.54) is 10.4 Å². The van der Waals surface area contributed by atoms with Crippen LogP contribution in [0.25, 0.3) is 11.1 Å². The van der Waals surface area contributed by atoms with Crippen LogP contribution in [0.5, 0.6) is 0 Å². The predicted molar refractivity (Wildman–Crippen MR) is 117 cm³/mol. The van der Waals surface area contributed by atoms with Crippen LogP contribution < -0.4 is 0 Å². The van der Waals surface area contributed by atoms with Crippen molar-refractivity contribution in [3.8, 4) is 11.1 Å². The van der Waals surface area contributed by atoms with Crippen molar-refractivity contribution in [3.05, 3.63) is 47.5 Å². The van der Waals surface area contributed by atoms with Gasteiger partial charge in [-0.15, -0.1) is 0 Å². The van der Waals surface area contributed by atoms with Gasteiger partial charge in [0.15, 0.2) is 5.78 Å². The number of fused-ring (bicyclic) bond motifs is 3. The van der Waals surface area contributed by atoms with Crippen molar-refractivity contribution in [2.75, 3.05) is 26.2 Å². The van der Waals surface area contributed by atoms with Gasteiger partial charge >= 0.3 is 0 Å². The fraction of sp³-hybridized carbons (Fsp3) is 0.381. The topological polar surface area (TPSA) is 77.9 Å². The summed E-state index contributed by atoms with van der Waals surface area (Å²) in [5.41, 5.74) is 2.41. The first kappa shape index (κ1) is 22.0. The molecule has 1 unspecified atom stereocenters. The summed E-state index contributed by atoms with van der Waals surface area (Å²) in [6.07, 6.45) is 0. The molecule has 156 valence electrons.